The number of sulfone groups is 1. The maximum Gasteiger partial charge on any atom is 0.241 e. The minimum Gasteiger partial charge on any atom is -0.496 e. The van der Waals surface area contributed by atoms with Gasteiger partial charge in [-0.2, -0.15) is 0 Å². The quantitative estimate of drug-likeness (QED) is 0.809. The fourth-order valence-corrected chi connectivity index (χ4v) is 4.81. The van der Waals surface area contributed by atoms with E-state index >= 15 is 0 Å². The molecule has 1 N–H and O–H groups in total. The molecule has 0 saturated heterocycles. The lowest BCUT2D eigenvalue weighted by Crippen LogP contribution is -2.27. The molecule has 1 atom stereocenters. The fourth-order valence-electron chi connectivity index (χ4n) is 2.64. The monoisotopic (exact) mass is 397 g/mol. The molecular weight excluding hydrogens is 374 g/mol. The predicted molar refractivity (Wildman–Crippen MR) is 101 cm³/mol. The van der Waals surface area contributed by atoms with Crippen molar-refractivity contribution in [3.63, 3.8) is 0 Å². The summed E-state index contributed by atoms with van der Waals surface area (Å²) in [6, 6.07) is 8.91. The van der Waals surface area contributed by atoms with Crippen LogP contribution in [0.5, 0.6) is 5.75 Å². The normalized spacial score (nSPS) is 13.4. The van der Waals surface area contributed by atoms with Crippen molar-refractivity contribution in [3.05, 3.63) is 53.1 Å². The maximum absolute atomic E-state index is 12.8. The molecular formula is C18H23NO5S2. The van der Waals surface area contributed by atoms with Crippen LogP contribution in [0.4, 0.5) is 0 Å². The van der Waals surface area contributed by atoms with E-state index < -0.39 is 25.9 Å². The number of aryl methyl sites for hydroxylation is 2. The highest BCUT2D eigenvalue weighted by molar-refractivity contribution is 7.90. The molecule has 0 saturated carbocycles. The summed E-state index contributed by atoms with van der Waals surface area (Å²) >= 11 is 0. The minimum absolute atomic E-state index is 0.190. The third kappa shape index (κ3) is 4.44. The van der Waals surface area contributed by atoms with Crippen LogP contribution in [-0.4, -0.2) is 30.2 Å². The molecule has 0 radical (unpaired) electrons. The molecule has 8 heteroatoms. The standard InChI is InChI=1S/C18H23NO5S2/c1-12-11-18(13(2)10-17(12)24-4)26(22,23)19-14(3)15-6-8-16(9-7-15)25(5,20)21/h6-11,14,19H,1-5H3. The Morgan fingerprint density at radius 2 is 1.54 bits per heavy atom. The van der Waals surface area contributed by atoms with Gasteiger partial charge in [-0.05, 0) is 61.7 Å². The highest BCUT2D eigenvalue weighted by atomic mass is 32.2. The van der Waals surface area contributed by atoms with Crippen LogP contribution in [0.15, 0.2) is 46.2 Å². The Kier molecular flexibility index (Phi) is 5.79. The number of methoxy groups -OCH3 is 1. The Labute approximate surface area is 155 Å². The molecule has 26 heavy (non-hydrogen) atoms. The zero-order valence-corrected chi connectivity index (χ0v) is 17.0. The van der Waals surface area contributed by atoms with Gasteiger partial charge in [0.15, 0.2) is 9.84 Å². The van der Waals surface area contributed by atoms with E-state index in [0.717, 1.165) is 11.8 Å². The highest BCUT2D eigenvalue weighted by Crippen LogP contribution is 2.27. The van der Waals surface area contributed by atoms with Gasteiger partial charge < -0.3 is 4.74 Å². The molecule has 2 aromatic rings. The summed E-state index contributed by atoms with van der Waals surface area (Å²) < 4.78 is 56.4. The van der Waals surface area contributed by atoms with Crippen LogP contribution < -0.4 is 9.46 Å². The van der Waals surface area contributed by atoms with Gasteiger partial charge in [-0.25, -0.2) is 21.6 Å². The number of benzene rings is 2. The lowest BCUT2D eigenvalue weighted by molar-refractivity contribution is 0.411. The second-order valence-electron chi connectivity index (χ2n) is 6.27. The number of hydrogen-bond donors (Lipinski definition) is 1. The van der Waals surface area contributed by atoms with Gasteiger partial charge in [0.05, 0.1) is 16.9 Å². The summed E-state index contributed by atoms with van der Waals surface area (Å²) in [6.07, 6.45) is 1.13. The van der Waals surface area contributed by atoms with E-state index in [1.807, 2.05) is 0 Å². The van der Waals surface area contributed by atoms with Gasteiger partial charge in [0.25, 0.3) is 0 Å². The van der Waals surface area contributed by atoms with Gasteiger partial charge in [-0.3, -0.25) is 0 Å². The summed E-state index contributed by atoms with van der Waals surface area (Å²) in [4.78, 5) is 0.383. The van der Waals surface area contributed by atoms with Gasteiger partial charge in [0, 0.05) is 12.3 Å². The van der Waals surface area contributed by atoms with Gasteiger partial charge >= 0.3 is 0 Å². The van der Waals surface area contributed by atoms with Crippen LogP contribution in [0.25, 0.3) is 0 Å². The van der Waals surface area contributed by atoms with Crippen LogP contribution in [0.3, 0.4) is 0 Å². The third-order valence-corrected chi connectivity index (χ3v) is 6.93. The highest BCUT2D eigenvalue weighted by Gasteiger charge is 2.22. The lowest BCUT2D eigenvalue weighted by atomic mass is 10.1. The summed E-state index contributed by atoms with van der Waals surface area (Å²) in [5, 5.41) is 0. The van der Waals surface area contributed by atoms with Gasteiger partial charge in [-0.15, -0.1) is 0 Å². The van der Waals surface area contributed by atoms with E-state index in [1.165, 1.54) is 19.2 Å². The zero-order valence-electron chi connectivity index (χ0n) is 15.4. The molecule has 2 rings (SSSR count). The van der Waals surface area contributed by atoms with E-state index in [0.29, 0.717) is 16.9 Å². The summed E-state index contributed by atoms with van der Waals surface area (Å²) in [7, 11) is -5.50. The van der Waals surface area contributed by atoms with E-state index in [1.54, 1.807) is 45.0 Å². The largest absolute Gasteiger partial charge is 0.496 e. The second kappa shape index (κ2) is 7.38. The van der Waals surface area contributed by atoms with Crippen LogP contribution >= 0.6 is 0 Å². The average molecular weight is 398 g/mol. The van der Waals surface area contributed by atoms with Crippen LogP contribution in [0.1, 0.15) is 29.7 Å². The molecule has 2 aromatic carbocycles. The molecule has 0 aliphatic heterocycles. The van der Waals surface area contributed by atoms with Crippen LogP contribution in [0.2, 0.25) is 0 Å². The molecule has 0 amide bonds. The molecule has 0 aliphatic rings. The van der Waals surface area contributed by atoms with Gasteiger partial charge in [0.2, 0.25) is 10.0 Å². The van der Waals surface area contributed by atoms with E-state index in [-0.39, 0.29) is 9.79 Å². The molecule has 0 bridgehead atoms. The first-order valence-electron chi connectivity index (χ1n) is 7.93. The molecule has 6 nitrogen and oxygen atoms in total. The van der Waals surface area contributed by atoms with Crippen molar-refractivity contribution in [1.29, 1.82) is 0 Å². The first-order valence-corrected chi connectivity index (χ1v) is 11.3. The van der Waals surface area contributed by atoms with E-state index in [9.17, 15) is 16.8 Å². The summed E-state index contributed by atoms with van der Waals surface area (Å²) in [5.74, 6) is 0.630. The molecule has 0 aromatic heterocycles. The summed E-state index contributed by atoms with van der Waals surface area (Å²) in [5.41, 5.74) is 1.98. The number of hydrogen-bond acceptors (Lipinski definition) is 5. The maximum atomic E-state index is 12.8. The van der Waals surface area contributed by atoms with Crippen molar-refractivity contribution >= 4 is 19.9 Å². The molecule has 0 heterocycles. The number of nitrogens with one attached hydrogen (secondary N) is 1. The average Bonchev–Trinajstić information content (AvgIpc) is 2.55. The zero-order chi connectivity index (χ0) is 19.7. The smallest absolute Gasteiger partial charge is 0.241 e. The lowest BCUT2D eigenvalue weighted by Gasteiger charge is -2.17. The topological polar surface area (TPSA) is 89.5 Å². The van der Waals surface area contributed by atoms with Gasteiger partial charge in [-0.1, -0.05) is 12.1 Å². The van der Waals surface area contributed by atoms with Crippen LogP contribution in [0, 0.1) is 13.8 Å². The van der Waals surface area contributed by atoms with E-state index in [4.69, 9.17) is 4.74 Å². The van der Waals surface area contributed by atoms with Crippen molar-refractivity contribution in [3.8, 4) is 5.75 Å². The second-order valence-corrected chi connectivity index (χ2v) is 9.97. The molecule has 0 aliphatic carbocycles. The fraction of sp³-hybridized carbons (Fsp3) is 0.333. The minimum atomic E-state index is -3.75. The number of sulfonamides is 1. The van der Waals surface area contributed by atoms with Crippen molar-refractivity contribution in [2.24, 2.45) is 0 Å². The molecule has 142 valence electrons. The number of rotatable bonds is 6. The van der Waals surface area contributed by atoms with Gasteiger partial charge in [0.1, 0.15) is 5.75 Å². The SMILES string of the molecule is COc1cc(C)c(S(=O)(=O)NC(C)c2ccc(S(C)(=O)=O)cc2)cc1C. The first kappa shape index (κ1) is 20.4. The molecule has 0 fully saturated rings. The first-order chi connectivity index (χ1) is 12.0. The molecule has 0 spiro atoms. The third-order valence-electron chi connectivity index (χ3n) is 4.12. The Hall–Kier alpha value is -1.90. The Morgan fingerprint density at radius 1 is 0.962 bits per heavy atom. The molecule has 1 unspecified atom stereocenters. The van der Waals surface area contributed by atoms with E-state index in [2.05, 4.69) is 4.72 Å². The predicted octanol–water partition coefficient (Wildman–Crippen LogP) is 2.76. The summed E-state index contributed by atoms with van der Waals surface area (Å²) in [6.45, 7) is 5.20. The Morgan fingerprint density at radius 3 is 2.04 bits per heavy atom. The Balaban J connectivity index is 2.30. The van der Waals surface area contributed by atoms with Crippen molar-refractivity contribution in [2.45, 2.75) is 36.6 Å². The van der Waals surface area contributed by atoms with Crippen molar-refractivity contribution in [2.75, 3.05) is 13.4 Å². The Bertz CT molecular complexity index is 1010. The van der Waals surface area contributed by atoms with Crippen molar-refractivity contribution in [1.82, 2.24) is 4.72 Å². The van der Waals surface area contributed by atoms with Crippen molar-refractivity contribution < 1.29 is 21.6 Å². The van der Waals surface area contributed by atoms with Crippen LogP contribution in [-0.2, 0) is 19.9 Å². The number of ether oxygens (including phenoxy) is 1.